The number of amides is 1. The topological polar surface area (TPSA) is 94.8 Å². The van der Waals surface area contributed by atoms with E-state index in [0.717, 1.165) is 19.3 Å². The first-order chi connectivity index (χ1) is 16.2. The smallest absolute Gasteiger partial charge is 0.410 e. The van der Waals surface area contributed by atoms with Crippen LogP contribution in [0.2, 0.25) is 0 Å². The van der Waals surface area contributed by atoms with Crippen LogP contribution in [0.25, 0.3) is 0 Å². The highest BCUT2D eigenvalue weighted by Gasteiger charge is 2.55. The molecular formula is C26H33N3O5. The number of benzene rings is 1. The number of aromatic nitrogens is 2. The Morgan fingerprint density at radius 3 is 2.47 bits per heavy atom. The van der Waals surface area contributed by atoms with Gasteiger partial charge in [0, 0.05) is 24.4 Å². The quantitative estimate of drug-likeness (QED) is 0.551. The summed E-state index contributed by atoms with van der Waals surface area (Å²) >= 11 is 0. The number of carbonyl (C=O) groups is 2. The summed E-state index contributed by atoms with van der Waals surface area (Å²) in [5, 5.41) is 4.31. The number of hydrogen-bond donors (Lipinski definition) is 0. The van der Waals surface area contributed by atoms with Crippen LogP contribution in [0.4, 0.5) is 4.79 Å². The van der Waals surface area contributed by atoms with Crippen molar-refractivity contribution in [2.45, 2.75) is 81.8 Å². The molecule has 5 rings (SSSR count). The average molecular weight is 468 g/mol. The Hall–Kier alpha value is -2.90. The van der Waals surface area contributed by atoms with Gasteiger partial charge in [-0.25, -0.2) is 4.79 Å². The first kappa shape index (κ1) is 22.9. The molecule has 1 heterocycles. The van der Waals surface area contributed by atoms with E-state index < -0.39 is 5.60 Å². The fourth-order valence-corrected chi connectivity index (χ4v) is 4.95. The molecule has 3 fully saturated rings. The lowest BCUT2D eigenvalue weighted by Gasteiger charge is -2.30. The Balaban J connectivity index is 1.30. The van der Waals surface area contributed by atoms with Gasteiger partial charge >= 0.3 is 12.1 Å². The lowest BCUT2D eigenvalue weighted by atomic mass is 9.75. The summed E-state index contributed by atoms with van der Waals surface area (Å²) in [6.45, 7) is 6.19. The molecule has 0 aliphatic heterocycles. The molecule has 2 unspecified atom stereocenters. The number of carbonyl (C=O) groups excluding carboxylic acids is 2. The molecule has 1 amide bonds. The molecule has 182 valence electrons. The molecule has 3 saturated carbocycles. The van der Waals surface area contributed by atoms with Crippen LogP contribution in [0.3, 0.4) is 0 Å². The van der Waals surface area contributed by atoms with E-state index in [1.54, 1.807) is 0 Å². The monoisotopic (exact) mass is 467 g/mol. The molecule has 1 aromatic heterocycles. The predicted molar refractivity (Wildman–Crippen MR) is 123 cm³/mol. The third kappa shape index (κ3) is 4.55. The van der Waals surface area contributed by atoms with Gasteiger partial charge in [-0.05, 0) is 58.4 Å². The van der Waals surface area contributed by atoms with Crippen molar-refractivity contribution in [3.8, 4) is 0 Å². The summed E-state index contributed by atoms with van der Waals surface area (Å²) in [5.41, 5.74) is 0.384. The molecule has 0 radical (unpaired) electrons. The maximum atomic E-state index is 13.2. The van der Waals surface area contributed by atoms with Crippen molar-refractivity contribution in [2.75, 3.05) is 13.7 Å². The van der Waals surface area contributed by atoms with E-state index in [9.17, 15) is 9.59 Å². The number of ether oxygens (including phenoxy) is 2. The van der Waals surface area contributed by atoms with E-state index in [-0.39, 0.29) is 35.4 Å². The highest BCUT2D eigenvalue weighted by molar-refractivity contribution is 5.73. The van der Waals surface area contributed by atoms with Gasteiger partial charge in [-0.1, -0.05) is 35.5 Å². The molecule has 1 aromatic carbocycles. The van der Waals surface area contributed by atoms with Gasteiger partial charge in [0.1, 0.15) is 5.60 Å². The zero-order valence-electron chi connectivity index (χ0n) is 20.3. The lowest BCUT2D eigenvalue weighted by Crippen LogP contribution is -2.43. The summed E-state index contributed by atoms with van der Waals surface area (Å²) in [7, 11) is 1.41. The number of nitrogens with zero attached hydrogens (tertiary/aromatic N) is 3. The van der Waals surface area contributed by atoms with Gasteiger partial charge in [0.15, 0.2) is 5.82 Å². The van der Waals surface area contributed by atoms with Gasteiger partial charge in [-0.2, -0.15) is 4.98 Å². The first-order valence-electron chi connectivity index (χ1n) is 12.2. The molecular weight excluding hydrogens is 434 g/mol. The van der Waals surface area contributed by atoms with E-state index in [4.69, 9.17) is 19.0 Å². The molecule has 8 heteroatoms. The molecule has 34 heavy (non-hydrogen) atoms. The number of rotatable bonds is 7. The summed E-state index contributed by atoms with van der Waals surface area (Å²) in [5.74, 6) is 1.38. The molecule has 0 bridgehead atoms. The van der Waals surface area contributed by atoms with Crippen molar-refractivity contribution in [1.82, 2.24) is 15.0 Å². The Labute approximate surface area is 200 Å². The van der Waals surface area contributed by atoms with Crippen LogP contribution in [0.15, 0.2) is 34.9 Å². The summed E-state index contributed by atoms with van der Waals surface area (Å²) in [6.07, 6.45) is 3.80. The van der Waals surface area contributed by atoms with Gasteiger partial charge in [0.05, 0.1) is 18.4 Å². The fraction of sp³-hybridized carbons (Fsp3) is 0.615. The van der Waals surface area contributed by atoms with Crippen LogP contribution in [0.5, 0.6) is 0 Å². The molecule has 0 N–H and O–H groups in total. The molecule has 0 saturated heterocycles. The molecule has 0 spiro atoms. The summed E-state index contributed by atoms with van der Waals surface area (Å²) < 4.78 is 16.2. The Morgan fingerprint density at radius 2 is 1.85 bits per heavy atom. The maximum Gasteiger partial charge on any atom is 0.410 e. The standard InChI is InChI=1S/C26H33N3O5/c1-25(2,3)33-24(31)29(20-14-19(20)16-8-6-5-7-9-16)15-26(10-11-26)23-27-21(34-28-23)17-12-18(13-17)22(30)32-4/h5-9,17-20H,10-15H2,1-4H3. The number of esters is 1. The van der Waals surface area contributed by atoms with Crippen molar-refractivity contribution in [3.05, 3.63) is 47.6 Å². The van der Waals surface area contributed by atoms with Crippen LogP contribution in [0, 0.1) is 5.92 Å². The molecule has 8 nitrogen and oxygen atoms in total. The van der Waals surface area contributed by atoms with Gasteiger partial charge in [0.25, 0.3) is 0 Å². The molecule has 2 aromatic rings. The van der Waals surface area contributed by atoms with Crippen molar-refractivity contribution >= 4 is 12.1 Å². The summed E-state index contributed by atoms with van der Waals surface area (Å²) in [6, 6.07) is 10.4. The minimum atomic E-state index is -0.567. The maximum absolute atomic E-state index is 13.2. The molecule has 3 aliphatic rings. The average Bonchev–Trinajstić information content (AvgIpc) is 3.67. The summed E-state index contributed by atoms with van der Waals surface area (Å²) in [4.78, 5) is 31.5. The normalized spacial score (nSPS) is 26.8. The Bertz CT molecular complexity index is 1050. The van der Waals surface area contributed by atoms with Crippen molar-refractivity contribution in [3.63, 3.8) is 0 Å². The Kier molecular flexibility index (Phi) is 5.65. The zero-order chi connectivity index (χ0) is 24.1. The van der Waals surface area contributed by atoms with Crippen LogP contribution >= 0.6 is 0 Å². The van der Waals surface area contributed by atoms with E-state index in [1.807, 2.05) is 43.9 Å². The molecule has 3 aliphatic carbocycles. The second kappa shape index (κ2) is 8.40. The second-order valence-corrected chi connectivity index (χ2v) is 11.1. The van der Waals surface area contributed by atoms with Gasteiger partial charge < -0.3 is 18.9 Å². The van der Waals surface area contributed by atoms with E-state index >= 15 is 0 Å². The van der Waals surface area contributed by atoms with Crippen molar-refractivity contribution in [2.24, 2.45) is 5.92 Å². The minimum absolute atomic E-state index is 0.0901. The third-order valence-electron chi connectivity index (χ3n) is 7.28. The first-order valence-corrected chi connectivity index (χ1v) is 12.2. The van der Waals surface area contributed by atoms with Gasteiger partial charge in [0.2, 0.25) is 5.89 Å². The van der Waals surface area contributed by atoms with Crippen molar-refractivity contribution in [1.29, 1.82) is 0 Å². The van der Waals surface area contributed by atoms with E-state index in [0.29, 0.717) is 37.0 Å². The number of methoxy groups -OCH3 is 1. The van der Waals surface area contributed by atoms with E-state index in [2.05, 4.69) is 17.3 Å². The second-order valence-electron chi connectivity index (χ2n) is 11.1. The van der Waals surface area contributed by atoms with Crippen LogP contribution < -0.4 is 0 Å². The predicted octanol–water partition coefficient (Wildman–Crippen LogP) is 4.56. The largest absolute Gasteiger partial charge is 0.469 e. The fourth-order valence-electron chi connectivity index (χ4n) is 4.95. The zero-order valence-corrected chi connectivity index (χ0v) is 20.3. The number of hydrogen-bond acceptors (Lipinski definition) is 7. The van der Waals surface area contributed by atoms with Crippen molar-refractivity contribution < 1.29 is 23.6 Å². The Morgan fingerprint density at radius 1 is 1.15 bits per heavy atom. The van der Waals surface area contributed by atoms with Crippen LogP contribution in [0.1, 0.15) is 82.0 Å². The molecule has 2 atom stereocenters. The highest BCUT2D eigenvalue weighted by Crippen LogP contribution is 2.52. The van der Waals surface area contributed by atoms with Gasteiger partial charge in [-0.15, -0.1) is 0 Å². The SMILES string of the molecule is COC(=O)C1CC(c2nc(C3(CN(C(=O)OC(C)(C)C)C4CC4c4ccccc4)CC3)no2)C1. The van der Waals surface area contributed by atoms with Gasteiger partial charge in [-0.3, -0.25) is 4.79 Å². The van der Waals surface area contributed by atoms with Crippen LogP contribution in [-0.4, -0.2) is 52.4 Å². The van der Waals surface area contributed by atoms with E-state index in [1.165, 1.54) is 12.7 Å². The third-order valence-corrected chi connectivity index (χ3v) is 7.28. The lowest BCUT2D eigenvalue weighted by molar-refractivity contribution is -0.149. The minimum Gasteiger partial charge on any atom is -0.469 e. The van der Waals surface area contributed by atoms with Crippen LogP contribution in [-0.2, 0) is 19.7 Å². The highest BCUT2D eigenvalue weighted by atomic mass is 16.6.